The number of ether oxygens (including phenoxy) is 1. The van der Waals surface area contributed by atoms with Crippen LogP contribution in [0.15, 0.2) is 18.2 Å². The van der Waals surface area contributed by atoms with E-state index >= 15 is 0 Å². The molecule has 2 aliphatic rings. The molecule has 0 aromatic heterocycles. The molecule has 0 aliphatic carbocycles. The van der Waals surface area contributed by atoms with Gasteiger partial charge >= 0.3 is 0 Å². The van der Waals surface area contributed by atoms with E-state index in [0.717, 1.165) is 45.6 Å². The molecule has 0 bridgehead atoms. The fourth-order valence-corrected chi connectivity index (χ4v) is 3.80. The lowest BCUT2D eigenvalue weighted by Gasteiger charge is -2.35. The number of nitrogens with zero attached hydrogens (tertiary/aromatic N) is 2. The lowest BCUT2D eigenvalue weighted by Crippen LogP contribution is -2.46. The predicted molar refractivity (Wildman–Crippen MR) is 91.3 cm³/mol. The summed E-state index contributed by atoms with van der Waals surface area (Å²) in [5, 5.41) is 0. The number of morpholine rings is 1. The van der Waals surface area contributed by atoms with E-state index in [-0.39, 0.29) is 5.92 Å². The van der Waals surface area contributed by atoms with Crippen LogP contribution in [0, 0.1) is 19.8 Å². The average Bonchev–Trinajstić information content (AvgIpc) is 2.55. The van der Waals surface area contributed by atoms with Gasteiger partial charge in [0.25, 0.3) is 0 Å². The second kappa shape index (κ2) is 7.45. The van der Waals surface area contributed by atoms with Gasteiger partial charge < -0.3 is 9.64 Å². The predicted octanol–water partition coefficient (Wildman–Crippen LogP) is 2.37. The number of hydrogen-bond acceptors (Lipinski definition) is 3. The van der Waals surface area contributed by atoms with Gasteiger partial charge in [-0.2, -0.15) is 0 Å². The summed E-state index contributed by atoms with van der Waals surface area (Å²) in [5.74, 6) is 0.558. The number of benzene rings is 1. The molecular weight excluding hydrogens is 288 g/mol. The second-order valence-corrected chi connectivity index (χ2v) is 6.98. The van der Waals surface area contributed by atoms with Gasteiger partial charge in [-0.3, -0.25) is 9.69 Å². The summed E-state index contributed by atoms with van der Waals surface area (Å²) in [6.07, 6.45) is 1.97. The average molecular weight is 316 g/mol. The molecule has 1 aromatic rings. The van der Waals surface area contributed by atoms with E-state index in [1.165, 1.54) is 16.7 Å². The second-order valence-electron chi connectivity index (χ2n) is 6.98. The zero-order chi connectivity index (χ0) is 16.2. The molecule has 0 spiro atoms. The van der Waals surface area contributed by atoms with E-state index < -0.39 is 0 Å². The summed E-state index contributed by atoms with van der Waals surface area (Å²) in [4.78, 5) is 17.0. The molecule has 2 fully saturated rings. The summed E-state index contributed by atoms with van der Waals surface area (Å²) in [5.41, 5.74) is 4.05. The molecule has 1 aromatic carbocycles. The van der Waals surface area contributed by atoms with Crippen LogP contribution in [0.3, 0.4) is 0 Å². The Labute approximate surface area is 139 Å². The molecule has 1 amide bonds. The Bertz CT molecular complexity index is 524. The van der Waals surface area contributed by atoms with Crippen LogP contribution in [0.2, 0.25) is 0 Å². The highest BCUT2D eigenvalue weighted by molar-refractivity contribution is 5.79. The molecule has 2 heterocycles. The maximum absolute atomic E-state index is 12.6. The van der Waals surface area contributed by atoms with Crippen LogP contribution in [0.1, 0.15) is 29.5 Å². The van der Waals surface area contributed by atoms with Crippen molar-refractivity contribution in [2.45, 2.75) is 33.2 Å². The fraction of sp³-hybridized carbons (Fsp3) is 0.632. The van der Waals surface area contributed by atoms with Crippen LogP contribution in [-0.2, 0) is 16.1 Å². The monoisotopic (exact) mass is 316 g/mol. The first-order chi connectivity index (χ1) is 11.1. The summed E-state index contributed by atoms with van der Waals surface area (Å²) in [6, 6.07) is 6.77. The number of piperidine rings is 1. The Kier molecular flexibility index (Phi) is 5.34. The summed E-state index contributed by atoms with van der Waals surface area (Å²) < 4.78 is 5.34. The van der Waals surface area contributed by atoms with Crippen molar-refractivity contribution >= 4 is 5.91 Å². The first-order valence-corrected chi connectivity index (χ1v) is 8.78. The molecule has 2 saturated heterocycles. The molecule has 23 heavy (non-hydrogen) atoms. The van der Waals surface area contributed by atoms with Gasteiger partial charge in [-0.15, -0.1) is 0 Å². The van der Waals surface area contributed by atoms with Crippen molar-refractivity contribution in [2.24, 2.45) is 5.92 Å². The third kappa shape index (κ3) is 4.33. The van der Waals surface area contributed by atoms with E-state index in [0.29, 0.717) is 19.1 Å². The summed E-state index contributed by atoms with van der Waals surface area (Å²) in [7, 11) is 0. The molecule has 0 atom stereocenters. The molecule has 3 rings (SSSR count). The van der Waals surface area contributed by atoms with Gasteiger partial charge in [0, 0.05) is 25.6 Å². The molecular formula is C19H28N2O2. The van der Waals surface area contributed by atoms with Gasteiger partial charge in [0.2, 0.25) is 5.91 Å². The van der Waals surface area contributed by atoms with Crippen molar-refractivity contribution in [3.63, 3.8) is 0 Å². The van der Waals surface area contributed by atoms with E-state index in [2.05, 4.69) is 36.9 Å². The Morgan fingerprint density at radius 1 is 1.04 bits per heavy atom. The quantitative estimate of drug-likeness (QED) is 0.858. The summed E-state index contributed by atoms with van der Waals surface area (Å²) in [6.45, 7) is 10.3. The topological polar surface area (TPSA) is 32.8 Å². The SMILES string of the molecule is Cc1cc(C)cc(CN2CCC(C(=O)N3CCOCC3)CC2)c1. The molecule has 4 nitrogen and oxygen atoms in total. The molecule has 0 saturated carbocycles. The molecule has 0 radical (unpaired) electrons. The molecule has 2 aliphatic heterocycles. The Hall–Kier alpha value is -1.39. The smallest absolute Gasteiger partial charge is 0.225 e. The number of amides is 1. The van der Waals surface area contributed by atoms with Crippen molar-refractivity contribution in [1.29, 1.82) is 0 Å². The normalized spacial score (nSPS) is 20.7. The number of hydrogen-bond donors (Lipinski definition) is 0. The third-order valence-electron chi connectivity index (χ3n) is 4.95. The summed E-state index contributed by atoms with van der Waals surface area (Å²) >= 11 is 0. The Morgan fingerprint density at radius 2 is 1.65 bits per heavy atom. The highest BCUT2D eigenvalue weighted by Gasteiger charge is 2.29. The van der Waals surface area contributed by atoms with Crippen molar-refractivity contribution in [3.8, 4) is 0 Å². The zero-order valence-electron chi connectivity index (χ0n) is 14.4. The number of aryl methyl sites for hydroxylation is 2. The largest absolute Gasteiger partial charge is 0.378 e. The van der Waals surface area contributed by atoms with E-state index in [1.807, 2.05) is 4.90 Å². The Balaban J connectivity index is 1.50. The van der Waals surface area contributed by atoms with Crippen molar-refractivity contribution in [1.82, 2.24) is 9.80 Å². The zero-order valence-corrected chi connectivity index (χ0v) is 14.4. The molecule has 4 heteroatoms. The van der Waals surface area contributed by atoms with Crippen molar-refractivity contribution < 1.29 is 9.53 Å². The van der Waals surface area contributed by atoms with Gasteiger partial charge in [-0.05, 0) is 45.3 Å². The van der Waals surface area contributed by atoms with Gasteiger partial charge in [0.15, 0.2) is 0 Å². The van der Waals surface area contributed by atoms with Crippen LogP contribution in [0.4, 0.5) is 0 Å². The standard InChI is InChI=1S/C19H28N2O2/c1-15-11-16(2)13-17(12-15)14-20-5-3-18(4-6-20)19(22)21-7-9-23-10-8-21/h11-13,18H,3-10,14H2,1-2H3. The minimum Gasteiger partial charge on any atom is -0.378 e. The van der Waals surface area contributed by atoms with Gasteiger partial charge in [-0.25, -0.2) is 0 Å². The van der Waals surface area contributed by atoms with Gasteiger partial charge in [0.1, 0.15) is 0 Å². The van der Waals surface area contributed by atoms with E-state index in [4.69, 9.17) is 4.74 Å². The van der Waals surface area contributed by atoms with Crippen molar-refractivity contribution in [2.75, 3.05) is 39.4 Å². The number of likely N-dealkylation sites (tertiary alicyclic amines) is 1. The molecule has 0 unspecified atom stereocenters. The number of carbonyl (C=O) groups excluding carboxylic acids is 1. The minimum atomic E-state index is 0.212. The van der Waals surface area contributed by atoms with Crippen LogP contribution in [0.25, 0.3) is 0 Å². The first-order valence-electron chi connectivity index (χ1n) is 8.78. The Morgan fingerprint density at radius 3 is 2.26 bits per heavy atom. The van der Waals surface area contributed by atoms with Crippen molar-refractivity contribution in [3.05, 3.63) is 34.9 Å². The maximum atomic E-state index is 12.6. The minimum absolute atomic E-state index is 0.212. The first kappa shape index (κ1) is 16.5. The van der Waals surface area contributed by atoms with Gasteiger partial charge in [-0.1, -0.05) is 29.3 Å². The van der Waals surface area contributed by atoms with E-state index in [9.17, 15) is 4.79 Å². The van der Waals surface area contributed by atoms with Crippen LogP contribution in [-0.4, -0.2) is 55.1 Å². The molecule has 126 valence electrons. The maximum Gasteiger partial charge on any atom is 0.225 e. The highest BCUT2D eigenvalue weighted by atomic mass is 16.5. The molecule has 0 N–H and O–H groups in total. The van der Waals surface area contributed by atoms with Gasteiger partial charge in [0.05, 0.1) is 13.2 Å². The number of carbonyl (C=O) groups is 1. The highest BCUT2D eigenvalue weighted by Crippen LogP contribution is 2.22. The van der Waals surface area contributed by atoms with E-state index in [1.54, 1.807) is 0 Å². The third-order valence-corrected chi connectivity index (χ3v) is 4.95. The van der Waals surface area contributed by atoms with Crippen LogP contribution < -0.4 is 0 Å². The fourth-order valence-electron chi connectivity index (χ4n) is 3.80. The lowest BCUT2D eigenvalue weighted by molar-refractivity contribution is -0.141. The lowest BCUT2D eigenvalue weighted by atomic mass is 9.94. The van der Waals surface area contributed by atoms with Crippen LogP contribution in [0.5, 0.6) is 0 Å². The number of rotatable bonds is 3. The van der Waals surface area contributed by atoms with Crippen LogP contribution >= 0.6 is 0 Å².